The van der Waals surface area contributed by atoms with E-state index in [0.717, 1.165) is 29.6 Å². The summed E-state index contributed by atoms with van der Waals surface area (Å²) >= 11 is 0. The molecule has 5 nitrogen and oxygen atoms in total. The molecule has 1 aliphatic heterocycles. The minimum Gasteiger partial charge on any atom is -0.494 e. The Morgan fingerprint density at radius 2 is 2.30 bits per heavy atom. The average molecular weight is 272 g/mol. The number of nitrogens with zero attached hydrogens (tertiary/aromatic N) is 2. The highest BCUT2D eigenvalue weighted by molar-refractivity contribution is 5.96. The summed E-state index contributed by atoms with van der Waals surface area (Å²) in [7, 11) is 1.61. The molecular formula is C15H16N2O3. The lowest BCUT2D eigenvalue weighted by molar-refractivity contribution is -0.138. The van der Waals surface area contributed by atoms with Crippen molar-refractivity contribution < 1.29 is 14.6 Å². The second kappa shape index (κ2) is 5.00. The standard InChI is InChI=1S/C15H16N2O3/c1-20-13-6-2-4-10-11(7-8-16-14(10)13)17-9-3-5-12(17)15(18)19/h2,4,6-8,12H,3,5,9H2,1H3,(H,18,19)/t12-/m0/s1. The molecule has 2 aromatic rings. The number of ether oxygens (including phenoxy) is 1. The van der Waals surface area contributed by atoms with Crippen LogP contribution in [0.5, 0.6) is 5.75 Å². The molecule has 1 aromatic carbocycles. The fourth-order valence-corrected chi connectivity index (χ4v) is 2.86. The Bertz CT molecular complexity index is 657. The summed E-state index contributed by atoms with van der Waals surface area (Å²) in [5.74, 6) is -0.0641. The number of hydrogen-bond acceptors (Lipinski definition) is 4. The first-order valence-electron chi connectivity index (χ1n) is 6.63. The van der Waals surface area contributed by atoms with Crippen LogP contribution >= 0.6 is 0 Å². The van der Waals surface area contributed by atoms with Gasteiger partial charge in [-0.15, -0.1) is 0 Å². The molecule has 1 saturated heterocycles. The van der Waals surface area contributed by atoms with Gasteiger partial charge in [-0.2, -0.15) is 0 Å². The van der Waals surface area contributed by atoms with E-state index in [2.05, 4.69) is 4.98 Å². The Kier molecular flexibility index (Phi) is 3.18. The molecule has 5 heteroatoms. The van der Waals surface area contributed by atoms with Crippen molar-refractivity contribution in [1.29, 1.82) is 0 Å². The van der Waals surface area contributed by atoms with Gasteiger partial charge >= 0.3 is 5.97 Å². The normalized spacial score (nSPS) is 18.4. The number of methoxy groups -OCH3 is 1. The maximum atomic E-state index is 11.4. The number of carbonyl (C=O) groups is 1. The number of para-hydroxylation sites is 1. The molecule has 0 radical (unpaired) electrons. The third-order valence-corrected chi connectivity index (χ3v) is 3.78. The van der Waals surface area contributed by atoms with Crippen LogP contribution in [0, 0.1) is 0 Å². The molecule has 0 unspecified atom stereocenters. The van der Waals surface area contributed by atoms with E-state index in [9.17, 15) is 9.90 Å². The summed E-state index contributed by atoms with van der Waals surface area (Å²) < 4.78 is 5.32. The van der Waals surface area contributed by atoms with Crippen LogP contribution < -0.4 is 9.64 Å². The minimum atomic E-state index is -0.768. The molecule has 104 valence electrons. The van der Waals surface area contributed by atoms with E-state index < -0.39 is 12.0 Å². The largest absolute Gasteiger partial charge is 0.494 e. The summed E-state index contributed by atoms with van der Waals surface area (Å²) in [5, 5.41) is 10.3. The maximum Gasteiger partial charge on any atom is 0.326 e. The van der Waals surface area contributed by atoms with Crippen LogP contribution in [0.3, 0.4) is 0 Å². The number of fused-ring (bicyclic) bond motifs is 1. The van der Waals surface area contributed by atoms with E-state index in [-0.39, 0.29) is 0 Å². The van der Waals surface area contributed by atoms with Gasteiger partial charge in [0.1, 0.15) is 17.3 Å². The van der Waals surface area contributed by atoms with E-state index >= 15 is 0 Å². The van der Waals surface area contributed by atoms with Crippen molar-refractivity contribution in [1.82, 2.24) is 4.98 Å². The molecule has 0 saturated carbocycles. The first-order chi connectivity index (χ1) is 9.72. The molecular weight excluding hydrogens is 256 g/mol. The van der Waals surface area contributed by atoms with E-state index in [4.69, 9.17) is 4.74 Å². The lowest BCUT2D eigenvalue weighted by Gasteiger charge is -2.25. The number of pyridine rings is 1. The average Bonchev–Trinajstić information content (AvgIpc) is 2.95. The van der Waals surface area contributed by atoms with Gasteiger partial charge in [0.25, 0.3) is 0 Å². The molecule has 0 aliphatic carbocycles. The highest BCUT2D eigenvalue weighted by Gasteiger charge is 2.31. The third-order valence-electron chi connectivity index (χ3n) is 3.78. The van der Waals surface area contributed by atoms with Gasteiger partial charge < -0.3 is 14.7 Å². The Labute approximate surface area is 116 Å². The topological polar surface area (TPSA) is 62.7 Å². The van der Waals surface area contributed by atoms with E-state index in [1.807, 2.05) is 29.2 Å². The number of anilines is 1. The Hall–Kier alpha value is -2.30. The molecule has 1 aliphatic rings. The molecule has 1 atom stereocenters. The minimum absolute atomic E-state index is 0.452. The number of aromatic nitrogens is 1. The number of carboxylic acid groups (broad SMARTS) is 1. The summed E-state index contributed by atoms with van der Waals surface area (Å²) in [6, 6.07) is 7.14. The van der Waals surface area contributed by atoms with Crippen LogP contribution in [0.4, 0.5) is 5.69 Å². The fraction of sp³-hybridized carbons (Fsp3) is 0.333. The smallest absolute Gasteiger partial charge is 0.326 e. The van der Waals surface area contributed by atoms with E-state index in [1.165, 1.54) is 0 Å². The fourth-order valence-electron chi connectivity index (χ4n) is 2.86. The van der Waals surface area contributed by atoms with Crippen molar-refractivity contribution in [2.45, 2.75) is 18.9 Å². The zero-order valence-corrected chi connectivity index (χ0v) is 11.2. The molecule has 0 amide bonds. The van der Waals surface area contributed by atoms with Crippen LogP contribution in [0.15, 0.2) is 30.5 Å². The maximum absolute atomic E-state index is 11.4. The van der Waals surface area contributed by atoms with Gasteiger partial charge in [0.05, 0.1) is 7.11 Å². The summed E-state index contributed by atoms with van der Waals surface area (Å²) in [5.41, 5.74) is 1.68. The second-order valence-electron chi connectivity index (χ2n) is 4.88. The van der Waals surface area contributed by atoms with Gasteiger partial charge in [-0.05, 0) is 25.0 Å². The SMILES string of the molecule is COc1cccc2c(N3CCC[C@H]3C(=O)O)ccnc12. The van der Waals surface area contributed by atoms with E-state index in [1.54, 1.807) is 13.3 Å². The summed E-state index contributed by atoms with van der Waals surface area (Å²) in [4.78, 5) is 17.7. The summed E-state index contributed by atoms with van der Waals surface area (Å²) in [6.45, 7) is 0.757. The Morgan fingerprint density at radius 3 is 3.05 bits per heavy atom. The van der Waals surface area contributed by atoms with Crippen LogP contribution in [0.1, 0.15) is 12.8 Å². The molecule has 0 spiro atoms. The lowest BCUT2D eigenvalue weighted by atomic mass is 10.1. The second-order valence-corrected chi connectivity index (χ2v) is 4.88. The van der Waals surface area contributed by atoms with Crippen molar-refractivity contribution in [3.8, 4) is 5.75 Å². The lowest BCUT2D eigenvalue weighted by Crippen LogP contribution is -2.36. The highest BCUT2D eigenvalue weighted by atomic mass is 16.5. The van der Waals surface area contributed by atoms with Gasteiger partial charge in [-0.1, -0.05) is 12.1 Å². The van der Waals surface area contributed by atoms with Crippen molar-refractivity contribution in [3.05, 3.63) is 30.5 Å². The molecule has 2 heterocycles. The van der Waals surface area contributed by atoms with Crippen LogP contribution in [0.2, 0.25) is 0 Å². The summed E-state index contributed by atoms with van der Waals surface area (Å²) in [6.07, 6.45) is 3.28. The van der Waals surface area contributed by atoms with Gasteiger partial charge in [0, 0.05) is 23.8 Å². The number of benzene rings is 1. The highest BCUT2D eigenvalue weighted by Crippen LogP contribution is 2.34. The van der Waals surface area contributed by atoms with Crippen molar-refractivity contribution in [3.63, 3.8) is 0 Å². The molecule has 20 heavy (non-hydrogen) atoms. The first kappa shape index (κ1) is 12.7. The van der Waals surface area contributed by atoms with Crippen LogP contribution in [0.25, 0.3) is 10.9 Å². The van der Waals surface area contributed by atoms with Gasteiger partial charge in [-0.3, -0.25) is 4.98 Å². The number of hydrogen-bond donors (Lipinski definition) is 1. The first-order valence-corrected chi connectivity index (χ1v) is 6.63. The molecule has 1 aromatic heterocycles. The predicted molar refractivity (Wildman–Crippen MR) is 76.3 cm³/mol. The van der Waals surface area contributed by atoms with Crippen LogP contribution in [-0.2, 0) is 4.79 Å². The van der Waals surface area contributed by atoms with Gasteiger partial charge in [0.15, 0.2) is 0 Å². The van der Waals surface area contributed by atoms with Gasteiger partial charge in [0.2, 0.25) is 0 Å². The Balaban J connectivity index is 2.14. The zero-order valence-electron chi connectivity index (χ0n) is 11.2. The van der Waals surface area contributed by atoms with E-state index in [0.29, 0.717) is 12.2 Å². The Morgan fingerprint density at radius 1 is 1.45 bits per heavy atom. The van der Waals surface area contributed by atoms with Crippen molar-refractivity contribution >= 4 is 22.6 Å². The van der Waals surface area contributed by atoms with Gasteiger partial charge in [-0.25, -0.2) is 4.79 Å². The van der Waals surface area contributed by atoms with Crippen LogP contribution in [-0.4, -0.2) is 35.8 Å². The number of aliphatic carboxylic acids is 1. The number of rotatable bonds is 3. The predicted octanol–water partition coefficient (Wildman–Crippen LogP) is 2.30. The molecule has 0 bridgehead atoms. The zero-order chi connectivity index (χ0) is 14.1. The molecule has 1 N–H and O–H groups in total. The molecule has 3 rings (SSSR count). The number of carboxylic acids is 1. The van der Waals surface area contributed by atoms with Crippen molar-refractivity contribution in [2.75, 3.05) is 18.6 Å². The third kappa shape index (κ3) is 1.95. The monoisotopic (exact) mass is 272 g/mol. The van der Waals surface area contributed by atoms with Crippen molar-refractivity contribution in [2.24, 2.45) is 0 Å². The molecule has 1 fully saturated rings. The quantitative estimate of drug-likeness (QED) is 0.928.